The van der Waals surface area contributed by atoms with E-state index in [1.54, 1.807) is 25.8 Å². The third kappa shape index (κ3) is 2.53. The molecule has 0 bridgehead atoms. The predicted molar refractivity (Wildman–Crippen MR) is 47.6 cm³/mol. The Hall–Kier alpha value is -1.43. The summed E-state index contributed by atoms with van der Waals surface area (Å²) in [6, 6.07) is -0.567. The molecule has 1 N–H and O–H groups in total. The summed E-state index contributed by atoms with van der Waals surface area (Å²) in [5.74, 6) is 0.0400. The Morgan fingerprint density at radius 3 is 2.71 bits per heavy atom. The fraction of sp³-hybridized carbons (Fsp3) is 0.625. The number of carboxylic acids is 1. The Bertz CT molecular complexity index is 323. The van der Waals surface area contributed by atoms with Gasteiger partial charge in [-0.05, 0) is 14.0 Å². The molecule has 0 fully saturated rings. The molecule has 0 spiro atoms. The molecule has 6 heteroatoms. The summed E-state index contributed by atoms with van der Waals surface area (Å²) in [5.41, 5.74) is 0. The normalized spacial score (nSPS) is 13.1. The lowest BCUT2D eigenvalue weighted by atomic mass is 10.3. The SMILES string of the molecule is Cc1nnc(CN(C)C(C)C(=O)O)o1. The summed E-state index contributed by atoms with van der Waals surface area (Å²) in [5, 5.41) is 16.2. The molecule has 0 saturated heterocycles. The van der Waals surface area contributed by atoms with Gasteiger partial charge in [0.15, 0.2) is 0 Å². The zero-order valence-corrected chi connectivity index (χ0v) is 8.39. The van der Waals surface area contributed by atoms with Crippen molar-refractivity contribution in [3.05, 3.63) is 11.8 Å². The topological polar surface area (TPSA) is 79.5 Å². The summed E-state index contributed by atoms with van der Waals surface area (Å²) >= 11 is 0. The molecule has 78 valence electrons. The van der Waals surface area contributed by atoms with Crippen molar-refractivity contribution in [2.75, 3.05) is 7.05 Å². The molecular formula is C8H13N3O3. The number of hydrogen-bond acceptors (Lipinski definition) is 5. The van der Waals surface area contributed by atoms with E-state index in [2.05, 4.69) is 10.2 Å². The van der Waals surface area contributed by atoms with Crippen molar-refractivity contribution >= 4 is 5.97 Å². The zero-order valence-electron chi connectivity index (χ0n) is 8.39. The molecule has 14 heavy (non-hydrogen) atoms. The van der Waals surface area contributed by atoms with Crippen LogP contribution >= 0.6 is 0 Å². The van der Waals surface area contributed by atoms with Crippen LogP contribution in [0, 0.1) is 6.92 Å². The molecule has 1 aromatic rings. The fourth-order valence-electron chi connectivity index (χ4n) is 0.940. The number of aryl methyl sites for hydroxylation is 1. The minimum absolute atomic E-state index is 0.342. The van der Waals surface area contributed by atoms with Gasteiger partial charge in [-0.25, -0.2) is 0 Å². The average molecular weight is 199 g/mol. The van der Waals surface area contributed by atoms with Crippen LogP contribution < -0.4 is 0 Å². The van der Waals surface area contributed by atoms with E-state index >= 15 is 0 Å². The van der Waals surface area contributed by atoms with E-state index in [1.165, 1.54) is 0 Å². The molecule has 6 nitrogen and oxygen atoms in total. The molecule has 1 rings (SSSR count). The predicted octanol–water partition coefficient (Wildman–Crippen LogP) is 0.283. The number of carboxylic acid groups (broad SMARTS) is 1. The first-order chi connectivity index (χ1) is 6.50. The Kier molecular flexibility index (Phi) is 3.19. The lowest BCUT2D eigenvalue weighted by Crippen LogP contribution is -2.35. The van der Waals surface area contributed by atoms with Crippen LogP contribution in [0.4, 0.5) is 0 Å². The molecule has 0 aliphatic carbocycles. The van der Waals surface area contributed by atoms with Gasteiger partial charge in [0, 0.05) is 6.92 Å². The summed E-state index contributed by atoms with van der Waals surface area (Å²) < 4.78 is 5.13. The fourth-order valence-corrected chi connectivity index (χ4v) is 0.940. The number of carbonyl (C=O) groups is 1. The molecule has 0 saturated carbocycles. The average Bonchev–Trinajstić information content (AvgIpc) is 2.49. The maximum absolute atomic E-state index is 10.6. The van der Waals surface area contributed by atoms with Gasteiger partial charge in [0.25, 0.3) is 0 Å². The van der Waals surface area contributed by atoms with Gasteiger partial charge < -0.3 is 9.52 Å². The van der Waals surface area contributed by atoms with Crippen LogP contribution in [0.1, 0.15) is 18.7 Å². The van der Waals surface area contributed by atoms with Crippen LogP contribution in [-0.4, -0.2) is 39.3 Å². The van der Waals surface area contributed by atoms with E-state index in [4.69, 9.17) is 9.52 Å². The van der Waals surface area contributed by atoms with Gasteiger partial charge >= 0.3 is 5.97 Å². The Labute approximate surface area is 81.5 Å². The molecule has 0 aliphatic rings. The van der Waals surface area contributed by atoms with E-state index in [-0.39, 0.29) is 0 Å². The van der Waals surface area contributed by atoms with Gasteiger partial charge in [-0.2, -0.15) is 0 Å². The standard InChI is InChI=1S/C8H13N3O3/c1-5(8(12)13)11(3)4-7-10-9-6(2)14-7/h5H,4H2,1-3H3,(H,12,13). The highest BCUT2D eigenvalue weighted by Gasteiger charge is 2.18. The van der Waals surface area contributed by atoms with Crippen molar-refractivity contribution in [2.45, 2.75) is 26.4 Å². The van der Waals surface area contributed by atoms with E-state index < -0.39 is 12.0 Å². The van der Waals surface area contributed by atoms with Crippen molar-refractivity contribution in [1.82, 2.24) is 15.1 Å². The Balaban J connectivity index is 2.56. The first-order valence-electron chi connectivity index (χ1n) is 4.22. The molecule has 1 heterocycles. The molecular weight excluding hydrogens is 186 g/mol. The maximum atomic E-state index is 10.6. The molecule has 0 radical (unpaired) electrons. The monoisotopic (exact) mass is 199 g/mol. The number of likely N-dealkylation sites (N-methyl/N-ethyl adjacent to an activating group) is 1. The highest BCUT2D eigenvalue weighted by molar-refractivity contribution is 5.72. The summed E-state index contributed by atoms with van der Waals surface area (Å²) in [6.45, 7) is 3.64. The third-order valence-corrected chi connectivity index (χ3v) is 1.97. The van der Waals surface area contributed by atoms with Gasteiger partial charge in [0.1, 0.15) is 6.04 Å². The van der Waals surface area contributed by atoms with Crippen LogP contribution in [0.25, 0.3) is 0 Å². The first kappa shape index (κ1) is 10.6. The maximum Gasteiger partial charge on any atom is 0.320 e. The zero-order chi connectivity index (χ0) is 10.7. The van der Waals surface area contributed by atoms with Crippen molar-refractivity contribution in [1.29, 1.82) is 0 Å². The van der Waals surface area contributed by atoms with E-state index in [1.807, 2.05) is 0 Å². The molecule has 0 aliphatic heterocycles. The van der Waals surface area contributed by atoms with Gasteiger partial charge in [-0.1, -0.05) is 0 Å². The number of rotatable bonds is 4. The minimum Gasteiger partial charge on any atom is -0.480 e. The number of aromatic nitrogens is 2. The number of aliphatic carboxylic acids is 1. The van der Waals surface area contributed by atoms with Crippen molar-refractivity contribution in [3.63, 3.8) is 0 Å². The summed E-state index contributed by atoms with van der Waals surface area (Å²) in [7, 11) is 1.69. The van der Waals surface area contributed by atoms with Crippen molar-refractivity contribution in [2.24, 2.45) is 0 Å². The Morgan fingerprint density at radius 1 is 1.64 bits per heavy atom. The molecule has 0 amide bonds. The molecule has 1 atom stereocenters. The second kappa shape index (κ2) is 4.19. The highest BCUT2D eigenvalue weighted by Crippen LogP contribution is 2.04. The van der Waals surface area contributed by atoms with Gasteiger partial charge in [0.05, 0.1) is 6.54 Å². The lowest BCUT2D eigenvalue weighted by molar-refractivity contribution is -0.142. The van der Waals surface area contributed by atoms with Crippen molar-refractivity contribution in [3.8, 4) is 0 Å². The van der Waals surface area contributed by atoms with Crippen LogP contribution in [0.5, 0.6) is 0 Å². The lowest BCUT2D eigenvalue weighted by Gasteiger charge is -2.18. The molecule has 1 aromatic heterocycles. The largest absolute Gasteiger partial charge is 0.480 e. The second-order valence-electron chi connectivity index (χ2n) is 3.14. The van der Waals surface area contributed by atoms with E-state index in [0.717, 1.165) is 0 Å². The van der Waals surface area contributed by atoms with E-state index in [0.29, 0.717) is 18.3 Å². The van der Waals surface area contributed by atoms with Gasteiger partial charge in [-0.15, -0.1) is 10.2 Å². The second-order valence-corrected chi connectivity index (χ2v) is 3.14. The van der Waals surface area contributed by atoms with E-state index in [9.17, 15) is 4.79 Å². The van der Waals surface area contributed by atoms with Crippen LogP contribution in [-0.2, 0) is 11.3 Å². The quantitative estimate of drug-likeness (QED) is 0.750. The molecule has 1 unspecified atom stereocenters. The summed E-state index contributed by atoms with van der Waals surface area (Å²) in [4.78, 5) is 12.2. The molecule has 0 aromatic carbocycles. The minimum atomic E-state index is -0.872. The van der Waals surface area contributed by atoms with Crippen molar-refractivity contribution < 1.29 is 14.3 Å². The highest BCUT2D eigenvalue weighted by atomic mass is 16.4. The smallest absolute Gasteiger partial charge is 0.320 e. The van der Waals surface area contributed by atoms with Gasteiger partial charge in [-0.3, -0.25) is 9.69 Å². The number of hydrogen-bond donors (Lipinski definition) is 1. The number of nitrogens with zero attached hydrogens (tertiary/aromatic N) is 3. The first-order valence-corrected chi connectivity index (χ1v) is 4.22. The Morgan fingerprint density at radius 2 is 2.29 bits per heavy atom. The van der Waals surface area contributed by atoms with Crippen LogP contribution in [0.15, 0.2) is 4.42 Å². The van der Waals surface area contributed by atoms with Crippen LogP contribution in [0.2, 0.25) is 0 Å². The van der Waals surface area contributed by atoms with Gasteiger partial charge in [0.2, 0.25) is 11.8 Å². The third-order valence-electron chi connectivity index (χ3n) is 1.97. The van der Waals surface area contributed by atoms with Crippen LogP contribution in [0.3, 0.4) is 0 Å². The summed E-state index contributed by atoms with van der Waals surface area (Å²) in [6.07, 6.45) is 0.